The molecule has 0 unspecified atom stereocenters. The summed E-state index contributed by atoms with van der Waals surface area (Å²) in [6, 6.07) is 16.8. The lowest BCUT2D eigenvalue weighted by atomic mass is 10.2. The van der Waals surface area contributed by atoms with Crippen molar-refractivity contribution >= 4 is 34.6 Å². The molecule has 2 aromatic carbocycles. The average molecular weight is 541 g/mol. The van der Waals surface area contributed by atoms with Gasteiger partial charge in [0, 0.05) is 47.8 Å². The number of piperazine rings is 1. The van der Waals surface area contributed by atoms with Crippen LogP contribution in [0.15, 0.2) is 93.8 Å². The second-order valence-electron chi connectivity index (χ2n) is 9.75. The molecule has 1 aliphatic rings. The zero-order chi connectivity index (χ0) is 27.9. The number of rotatable bonds is 10. The van der Waals surface area contributed by atoms with Crippen molar-refractivity contribution in [2.45, 2.75) is 53.9 Å². The molecule has 10 heteroatoms. The highest BCUT2D eigenvalue weighted by Gasteiger charge is 2.19. The zero-order valence-electron chi connectivity index (χ0n) is 24.1. The molecule has 0 bridgehead atoms. The van der Waals surface area contributed by atoms with E-state index in [4.69, 9.17) is 0 Å². The fraction of sp³-hybridized carbons (Fsp3) is 0.400. The van der Waals surface area contributed by atoms with Gasteiger partial charge >= 0.3 is 11.9 Å². The Kier molecular flexibility index (Phi) is 8.63. The first-order valence-corrected chi connectivity index (χ1v) is 14.3. The summed E-state index contributed by atoms with van der Waals surface area (Å²) in [5, 5.41) is 18.0. The zero-order valence-corrected chi connectivity index (χ0v) is 24.1. The predicted octanol–water partition coefficient (Wildman–Crippen LogP) is 6.10. The molecule has 40 heavy (non-hydrogen) atoms. The minimum absolute atomic E-state index is 0.860. The first-order chi connectivity index (χ1) is 19.6. The maximum atomic E-state index is 4.53. The van der Waals surface area contributed by atoms with Crippen molar-refractivity contribution in [3.8, 4) is 0 Å². The SMILES string of the molecule is CCn1cc[n+](CC)c1/N=N/c1ccc(N2CCN(c3ccc(/N=N/c4n(CC)cc[n+]4CC)cc3)CC2)cc1. The third kappa shape index (κ3) is 5.95. The highest BCUT2D eigenvalue weighted by Crippen LogP contribution is 2.26. The van der Waals surface area contributed by atoms with E-state index >= 15 is 0 Å². The largest absolute Gasteiger partial charge is 0.421 e. The van der Waals surface area contributed by atoms with Crippen molar-refractivity contribution in [2.24, 2.45) is 20.5 Å². The van der Waals surface area contributed by atoms with Gasteiger partial charge in [-0.1, -0.05) is 10.2 Å². The highest BCUT2D eigenvalue weighted by atomic mass is 15.3. The molecule has 2 aromatic heterocycles. The van der Waals surface area contributed by atoms with Crippen LogP contribution in [0.2, 0.25) is 0 Å². The van der Waals surface area contributed by atoms with Gasteiger partial charge in [-0.15, -0.1) is 0 Å². The molecular weight excluding hydrogens is 500 g/mol. The normalized spacial score (nSPS) is 14.2. The summed E-state index contributed by atoms with van der Waals surface area (Å²) in [6.07, 6.45) is 8.20. The second-order valence-corrected chi connectivity index (χ2v) is 9.75. The van der Waals surface area contributed by atoms with Crippen molar-refractivity contribution in [2.75, 3.05) is 36.0 Å². The van der Waals surface area contributed by atoms with Crippen molar-refractivity contribution in [1.82, 2.24) is 9.13 Å². The number of azo groups is 2. The van der Waals surface area contributed by atoms with Crippen LogP contribution in [-0.2, 0) is 26.2 Å². The summed E-state index contributed by atoms with van der Waals surface area (Å²) >= 11 is 0. The molecule has 0 N–H and O–H groups in total. The predicted molar refractivity (Wildman–Crippen MR) is 158 cm³/mol. The van der Waals surface area contributed by atoms with Gasteiger partial charge in [0.15, 0.2) is 0 Å². The summed E-state index contributed by atoms with van der Waals surface area (Å²) in [6.45, 7) is 15.8. The molecule has 1 fully saturated rings. The van der Waals surface area contributed by atoms with Crippen LogP contribution in [0.1, 0.15) is 27.7 Å². The number of hydrogen-bond donors (Lipinski definition) is 0. The smallest absolute Gasteiger partial charge is 0.368 e. The van der Waals surface area contributed by atoms with Crippen molar-refractivity contribution in [3.05, 3.63) is 73.3 Å². The lowest BCUT2D eigenvalue weighted by Crippen LogP contribution is -2.46. The molecule has 1 aliphatic heterocycles. The number of anilines is 2. The summed E-state index contributed by atoms with van der Waals surface area (Å²) in [5.74, 6) is 1.75. The number of nitrogens with zero attached hydrogens (tertiary/aromatic N) is 10. The Labute approximate surface area is 236 Å². The van der Waals surface area contributed by atoms with Gasteiger partial charge in [0.1, 0.15) is 11.4 Å². The molecule has 0 atom stereocenters. The first-order valence-electron chi connectivity index (χ1n) is 14.3. The van der Waals surface area contributed by atoms with Crippen LogP contribution in [0.25, 0.3) is 0 Å². The van der Waals surface area contributed by atoms with Gasteiger partial charge in [0.2, 0.25) is 0 Å². The van der Waals surface area contributed by atoms with Crippen LogP contribution in [0.5, 0.6) is 0 Å². The topological polar surface area (TPSA) is 73.5 Å². The van der Waals surface area contributed by atoms with Crippen molar-refractivity contribution < 1.29 is 9.13 Å². The van der Waals surface area contributed by atoms with Gasteiger partial charge in [-0.25, -0.2) is 18.3 Å². The van der Waals surface area contributed by atoms with E-state index < -0.39 is 0 Å². The monoisotopic (exact) mass is 540 g/mol. The van der Waals surface area contributed by atoms with Gasteiger partial charge < -0.3 is 9.80 Å². The Hall–Kier alpha value is -4.34. The number of aryl methyl sites for hydroxylation is 4. The van der Waals surface area contributed by atoms with Gasteiger partial charge in [0.25, 0.3) is 0 Å². The quantitative estimate of drug-likeness (QED) is 0.180. The Morgan fingerprint density at radius 2 is 0.925 bits per heavy atom. The Balaban J connectivity index is 1.16. The highest BCUT2D eigenvalue weighted by molar-refractivity contribution is 5.56. The molecule has 0 aliphatic carbocycles. The number of aromatic nitrogens is 4. The van der Waals surface area contributed by atoms with E-state index in [2.05, 4.69) is 100 Å². The Morgan fingerprint density at radius 1 is 0.550 bits per heavy atom. The Morgan fingerprint density at radius 3 is 1.25 bits per heavy atom. The van der Waals surface area contributed by atoms with Crippen LogP contribution in [0.4, 0.5) is 34.6 Å². The van der Waals surface area contributed by atoms with Crippen LogP contribution in [-0.4, -0.2) is 35.3 Å². The summed E-state index contributed by atoms with van der Waals surface area (Å²) in [7, 11) is 0. The maximum Gasteiger partial charge on any atom is 0.421 e. The van der Waals surface area contributed by atoms with Gasteiger partial charge in [0.05, 0.1) is 51.0 Å². The summed E-state index contributed by atoms with van der Waals surface area (Å²) < 4.78 is 8.41. The molecule has 0 amide bonds. The van der Waals surface area contributed by atoms with Gasteiger partial charge in [-0.2, -0.15) is 0 Å². The second kappa shape index (κ2) is 12.7. The maximum absolute atomic E-state index is 4.53. The van der Waals surface area contributed by atoms with Crippen LogP contribution in [0.3, 0.4) is 0 Å². The molecule has 4 aromatic rings. The molecule has 0 saturated carbocycles. The number of imidazole rings is 2. The van der Waals surface area contributed by atoms with Gasteiger partial charge in [-0.05, 0) is 76.2 Å². The summed E-state index contributed by atoms with van der Waals surface area (Å²) in [4.78, 5) is 4.86. The fourth-order valence-corrected chi connectivity index (χ4v) is 5.02. The van der Waals surface area contributed by atoms with Crippen molar-refractivity contribution in [1.29, 1.82) is 0 Å². The third-order valence-corrected chi connectivity index (χ3v) is 7.46. The van der Waals surface area contributed by atoms with E-state index in [1.807, 2.05) is 49.1 Å². The molecule has 5 rings (SSSR count). The number of hydrogen-bond acceptors (Lipinski definition) is 6. The van der Waals surface area contributed by atoms with E-state index in [1.165, 1.54) is 11.4 Å². The van der Waals surface area contributed by atoms with Crippen LogP contribution in [0, 0.1) is 0 Å². The number of benzene rings is 2. The lowest BCUT2D eigenvalue weighted by molar-refractivity contribution is -0.680. The first kappa shape index (κ1) is 27.2. The third-order valence-electron chi connectivity index (χ3n) is 7.46. The lowest BCUT2D eigenvalue weighted by Gasteiger charge is -2.37. The molecular formula is C30H40N10+2. The van der Waals surface area contributed by atoms with E-state index in [0.717, 1.165) is 75.6 Å². The van der Waals surface area contributed by atoms with Crippen LogP contribution >= 0.6 is 0 Å². The van der Waals surface area contributed by atoms with E-state index in [9.17, 15) is 0 Å². The average Bonchev–Trinajstić information content (AvgIpc) is 3.62. The molecule has 10 nitrogen and oxygen atoms in total. The molecule has 1 saturated heterocycles. The van der Waals surface area contributed by atoms with Gasteiger partial charge in [-0.3, -0.25) is 0 Å². The van der Waals surface area contributed by atoms with E-state index in [-0.39, 0.29) is 0 Å². The Bertz CT molecular complexity index is 1280. The minimum Gasteiger partial charge on any atom is -0.368 e. The standard InChI is InChI=1S/C30H40N10/c1-5-35-17-18-36(6-2)29(35)33-31-25-9-13-27(14-10-25)39-21-23-40(24-22-39)28-15-11-26(12-16-28)32-34-30-37(7-3)19-20-38(30)8-4/h9-20H,5-8,21-24H2,1-4H3/q+2. The molecule has 208 valence electrons. The minimum atomic E-state index is 0.860. The molecule has 3 heterocycles. The van der Waals surface area contributed by atoms with Crippen LogP contribution < -0.4 is 18.9 Å². The summed E-state index contributed by atoms with van der Waals surface area (Å²) in [5.41, 5.74) is 4.16. The molecule has 0 spiro atoms. The van der Waals surface area contributed by atoms with E-state index in [1.54, 1.807) is 0 Å². The van der Waals surface area contributed by atoms with Crippen molar-refractivity contribution in [3.63, 3.8) is 0 Å². The van der Waals surface area contributed by atoms with E-state index in [0.29, 0.717) is 0 Å². The molecule has 0 radical (unpaired) electrons. The fourth-order valence-electron chi connectivity index (χ4n) is 5.02.